The summed E-state index contributed by atoms with van der Waals surface area (Å²) in [5, 5.41) is 12.3. The number of alkyl halides is 1. The van der Waals surface area contributed by atoms with Crippen LogP contribution in [0.15, 0.2) is 0 Å². The van der Waals surface area contributed by atoms with Gasteiger partial charge in [0.25, 0.3) is 0 Å². The summed E-state index contributed by atoms with van der Waals surface area (Å²) in [5.74, 6) is 0.599. The second-order valence-electron chi connectivity index (χ2n) is 5.37. The fraction of sp³-hybridized carbons (Fsp3) is 0.917. The minimum absolute atomic E-state index is 0.0209. The maximum Gasteiger partial charge on any atom is 0.235 e. The quantitative estimate of drug-likeness (QED) is 0.747. The Bertz CT molecular complexity index is 255. The minimum Gasteiger partial charge on any atom is -0.396 e. The van der Waals surface area contributed by atoms with E-state index >= 15 is 0 Å². The first-order valence-electron chi connectivity index (χ1n) is 5.89. The van der Waals surface area contributed by atoms with Crippen LogP contribution in [0.4, 0.5) is 0 Å². The molecule has 0 aromatic rings. The van der Waals surface area contributed by atoms with Gasteiger partial charge in [0.2, 0.25) is 5.91 Å². The van der Waals surface area contributed by atoms with E-state index in [0.29, 0.717) is 11.8 Å². The normalized spacial score (nSPS) is 33.4. The molecule has 0 heterocycles. The van der Waals surface area contributed by atoms with Crippen molar-refractivity contribution in [1.82, 2.24) is 5.32 Å². The standard InChI is InChI=1S/C12H22ClNO2/c1-8-10(14-11(16)6-13)5-4-9(7-15)12(8,2)3/h8-10,15H,4-7H2,1-3H3,(H,14,16). The van der Waals surface area contributed by atoms with Gasteiger partial charge >= 0.3 is 0 Å². The van der Waals surface area contributed by atoms with Crippen molar-refractivity contribution in [1.29, 1.82) is 0 Å². The van der Waals surface area contributed by atoms with Gasteiger partial charge in [-0.3, -0.25) is 4.79 Å². The van der Waals surface area contributed by atoms with Crippen LogP contribution in [-0.2, 0) is 4.79 Å². The van der Waals surface area contributed by atoms with E-state index in [1.165, 1.54) is 0 Å². The Labute approximate surface area is 103 Å². The van der Waals surface area contributed by atoms with E-state index in [2.05, 4.69) is 26.1 Å². The van der Waals surface area contributed by atoms with E-state index < -0.39 is 0 Å². The third-order valence-corrected chi connectivity index (χ3v) is 4.59. The topological polar surface area (TPSA) is 49.3 Å². The lowest BCUT2D eigenvalue weighted by Gasteiger charge is -2.47. The molecule has 2 N–H and O–H groups in total. The molecule has 0 aromatic carbocycles. The summed E-state index contributed by atoms with van der Waals surface area (Å²) in [5.41, 5.74) is 0.0528. The molecule has 3 atom stereocenters. The molecule has 0 aliphatic heterocycles. The summed E-state index contributed by atoms with van der Waals surface area (Å²) in [6.45, 7) is 6.70. The highest BCUT2D eigenvalue weighted by atomic mass is 35.5. The molecule has 0 bridgehead atoms. The molecule has 0 aromatic heterocycles. The van der Waals surface area contributed by atoms with Crippen molar-refractivity contribution < 1.29 is 9.90 Å². The number of amides is 1. The number of carbonyl (C=O) groups excluding carboxylic acids is 1. The van der Waals surface area contributed by atoms with Gasteiger partial charge in [-0.05, 0) is 30.1 Å². The van der Waals surface area contributed by atoms with Gasteiger partial charge in [-0.2, -0.15) is 0 Å². The fourth-order valence-electron chi connectivity index (χ4n) is 2.66. The molecule has 1 saturated carbocycles. The van der Waals surface area contributed by atoms with Crippen molar-refractivity contribution in [3.63, 3.8) is 0 Å². The Morgan fingerprint density at radius 2 is 2.12 bits per heavy atom. The van der Waals surface area contributed by atoms with E-state index in [4.69, 9.17) is 11.6 Å². The number of nitrogens with one attached hydrogen (secondary N) is 1. The molecule has 3 unspecified atom stereocenters. The first-order chi connectivity index (χ1) is 7.43. The lowest BCUT2D eigenvalue weighted by atomic mass is 9.61. The largest absolute Gasteiger partial charge is 0.396 e. The highest BCUT2D eigenvalue weighted by Gasteiger charge is 2.42. The number of aliphatic hydroxyl groups excluding tert-OH is 1. The predicted molar refractivity (Wildman–Crippen MR) is 65.4 cm³/mol. The smallest absolute Gasteiger partial charge is 0.235 e. The van der Waals surface area contributed by atoms with Crippen LogP contribution >= 0.6 is 11.6 Å². The number of rotatable bonds is 3. The van der Waals surface area contributed by atoms with Gasteiger partial charge in [-0.1, -0.05) is 20.8 Å². The zero-order chi connectivity index (χ0) is 12.3. The highest BCUT2D eigenvalue weighted by molar-refractivity contribution is 6.27. The first-order valence-corrected chi connectivity index (χ1v) is 6.43. The van der Waals surface area contributed by atoms with Crippen LogP contribution < -0.4 is 5.32 Å². The van der Waals surface area contributed by atoms with Crippen molar-refractivity contribution in [2.75, 3.05) is 12.5 Å². The summed E-state index contributed by atoms with van der Waals surface area (Å²) >= 11 is 5.49. The molecule has 1 fully saturated rings. The fourth-order valence-corrected chi connectivity index (χ4v) is 2.74. The minimum atomic E-state index is -0.100. The highest BCUT2D eigenvalue weighted by Crippen LogP contribution is 2.44. The molecular formula is C12H22ClNO2. The Balaban J connectivity index is 2.68. The van der Waals surface area contributed by atoms with E-state index in [-0.39, 0.29) is 29.9 Å². The zero-order valence-corrected chi connectivity index (χ0v) is 11.0. The van der Waals surface area contributed by atoms with Gasteiger partial charge in [0.05, 0.1) is 0 Å². The Kier molecular flexibility index (Phi) is 4.62. The Morgan fingerprint density at radius 3 is 2.62 bits per heavy atom. The molecule has 3 nitrogen and oxygen atoms in total. The van der Waals surface area contributed by atoms with Crippen molar-refractivity contribution in [2.24, 2.45) is 17.3 Å². The Morgan fingerprint density at radius 1 is 1.50 bits per heavy atom. The molecule has 1 rings (SSSR count). The summed E-state index contributed by atoms with van der Waals surface area (Å²) in [6, 6.07) is 0.184. The number of halogens is 1. The molecule has 0 spiro atoms. The summed E-state index contributed by atoms with van der Waals surface area (Å²) < 4.78 is 0. The van der Waals surface area contributed by atoms with E-state index in [1.54, 1.807) is 0 Å². The second kappa shape index (κ2) is 5.37. The van der Waals surface area contributed by atoms with Crippen molar-refractivity contribution in [2.45, 2.75) is 39.7 Å². The van der Waals surface area contributed by atoms with Crippen LogP contribution in [0.25, 0.3) is 0 Å². The number of carbonyl (C=O) groups is 1. The van der Waals surface area contributed by atoms with Gasteiger partial charge in [-0.25, -0.2) is 0 Å². The lowest BCUT2D eigenvalue weighted by molar-refractivity contribution is -0.121. The summed E-state index contributed by atoms with van der Waals surface area (Å²) in [6.07, 6.45) is 1.89. The van der Waals surface area contributed by atoms with Crippen LogP contribution in [-0.4, -0.2) is 29.5 Å². The summed E-state index contributed by atoms with van der Waals surface area (Å²) in [7, 11) is 0. The predicted octanol–water partition coefficient (Wildman–Crippen LogP) is 1.77. The van der Waals surface area contributed by atoms with Gasteiger partial charge in [0.15, 0.2) is 0 Å². The Hall–Kier alpha value is -0.280. The van der Waals surface area contributed by atoms with Crippen LogP contribution in [0.5, 0.6) is 0 Å². The number of aliphatic hydroxyl groups is 1. The van der Waals surface area contributed by atoms with Crippen molar-refractivity contribution in [3.05, 3.63) is 0 Å². The van der Waals surface area contributed by atoms with Crippen LogP contribution in [0.1, 0.15) is 33.6 Å². The van der Waals surface area contributed by atoms with Crippen molar-refractivity contribution >= 4 is 17.5 Å². The van der Waals surface area contributed by atoms with Crippen LogP contribution in [0.2, 0.25) is 0 Å². The first kappa shape index (κ1) is 13.8. The number of hydrogen-bond acceptors (Lipinski definition) is 2. The molecular weight excluding hydrogens is 226 g/mol. The third kappa shape index (κ3) is 2.69. The average Bonchev–Trinajstić information content (AvgIpc) is 2.25. The molecule has 4 heteroatoms. The van der Waals surface area contributed by atoms with Gasteiger partial charge in [0, 0.05) is 12.6 Å². The third-order valence-electron chi connectivity index (χ3n) is 4.34. The molecule has 0 saturated heterocycles. The van der Waals surface area contributed by atoms with Crippen LogP contribution in [0.3, 0.4) is 0 Å². The monoisotopic (exact) mass is 247 g/mol. The number of hydrogen-bond donors (Lipinski definition) is 2. The SMILES string of the molecule is CC1C(NC(=O)CCl)CCC(CO)C1(C)C. The average molecular weight is 248 g/mol. The zero-order valence-electron chi connectivity index (χ0n) is 10.3. The molecule has 1 aliphatic carbocycles. The lowest BCUT2D eigenvalue weighted by Crippen LogP contribution is -2.51. The van der Waals surface area contributed by atoms with Crippen molar-refractivity contribution in [3.8, 4) is 0 Å². The molecule has 1 aliphatic rings. The van der Waals surface area contributed by atoms with E-state index in [9.17, 15) is 9.90 Å². The van der Waals surface area contributed by atoms with Crippen LogP contribution in [0, 0.1) is 17.3 Å². The van der Waals surface area contributed by atoms with Gasteiger partial charge in [-0.15, -0.1) is 11.6 Å². The molecule has 16 heavy (non-hydrogen) atoms. The van der Waals surface area contributed by atoms with E-state index in [1.807, 2.05) is 0 Å². The maximum absolute atomic E-state index is 11.3. The molecule has 1 amide bonds. The second-order valence-corrected chi connectivity index (χ2v) is 5.64. The van der Waals surface area contributed by atoms with E-state index in [0.717, 1.165) is 12.8 Å². The molecule has 94 valence electrons. The summed E-state index contributed by atoms with van der Waals surface area (Å²) in [4.78, 5) is 11.3. The maximum atomic E-state index is 11.3. The molecule has 0 radical (unpaired) electrons. The van der Waals surface area contributed by atoms with Gasteiger partial charge in [0.1, 0.15) is 5.88 Å². The van der Waals surface area contributed by atoms with Gasteiger partial charge < -0.3 is 10.4 Å².